The number of carbonyl (C=O) groups excluding carboxylic acids is 1. The van der Waals surface area contributed by atoms with Crippen LogP contribution in [0.5, 0.6) is 0 Å². The minimum atomic E-state index is -0.261. The fourth-order valence-corrected chi connectivity index (χ4v) is 3.73. The normalized spacial score (nSPS) is 11.1. The average Bonchev–Trinajstić information content (AvgIpc) is 3.33. The van der Waals surface area contributed by atoms with Crippen molar-refractivity contribution in [2.75, 3.05) is 5.32 Å². The monoisotopic (exact) mass is 443 g/mol. The molecule has 4 heterocycles. The van der Waals surface area contributed by atoms with Crippen molar-refractivity contribution in [3.63, 3.8) is 0 Å². The van der Waals surface area contributed by atoms with Crippen LogP contribution in [0, 0.1) is 0 Å². The summed E-state index contributed by atoms with van der Waals surface area (Å²) in [7, 11) is 0. The lowest BCUT2D eigenvalue weighted by molar-refractivity contribution is 0.102. The Balaban J connectivity index is 1.25. The maximum Gasteiger partial charge on any atom is 0.274 e. The van der Waals surface area contributed by atoms with Crippen LogP contribution in [-0.4, -0.2) is 35.7 Å². The van der Waals surface area contributed by atoms with Gasteiger partial charge in [0.05, 0.1) is 11.2 Å². The molecular formula is C26H17N7O. The number of nitrogens with zero attached hydrogens (tertiary/aromatic N) is 6. The maximum atomic E-state index is 12.7. The van der Waals surface area contributed by atoms with E-state index in [9.17, 15) is 4.79 Å². The van der Waals surface area contributed by atoms with Gasteiger partial charge in [-0.05, 0) is 48.5 Å². The summed E-state index contributed by atoms with van der Waals surface area (Å²) >= 11 is 0. The third kappa shape index (κ3) is 3.63. The molecule has 0 unspecified atom stereocenters. The van der Waals surface area contributed by atoms with E-state index in [1.165, 1.54) is 0 Å². The zero-order valence-electron chi connectivity index (χ0n) is 17.8. The van der Waals surface area contributed by atoms with Gasteiger partial charge in [0.2, 0.25) is 0 Å². The lowest BCUT2D eigenvalue weighted by atomic mass is 10.1. The Kier molecular flexibility index (Phi) is 4.73. The smallest absolute Gasteiger partial charge is 0.274 e. The molecule has 0 atom stereocenters. The number of carbonyl (C=O) groups is 1. The highest BCUT2D eigenvalue weighted by molar-refractivity contribution is 6.04. The van der Waals surface area contributed by atoms with E-state index in [0.29, 0.717) is 22.9 Å². The highest BCUT2D eigenvalue weighted by Crippen LogP contribution is 2.23. The molecule has 0 spiro atoms. The quantitative estimate of drug-likeness (QED) is 0.426. The number of pyridine rings is 2. The van der Waals surface area contributed by atoms with Gasteiger partial charge in [0.15, 0.2) is 11.5 Å². The molecule has 0 aliphatic heterocycles. The van der Waals surface area contributed by atoms with Crippen molar-refractivity contribution in [2.24, 2.45) is 0 Å². The predicted molar refractivity (Wildman–Crippen MR) is 129 cm³/mol. The second-order valence-electron chi connectivity index (χ2n) is 7.67. The van der Waals surface area contributed by atoms with Crippen molar-refractivity contribution in [3.05, 3.63) is 103 Å². The molecule has 0 saturated carbocycles. The van der Waals surface area contributed by atoms with E-state index in [-0.39, 0.29) is 5.91 Å². The number of anilines is 1. The van der Waals surface area contributed by atoms with E-state index >= 15 is 0 Å². The Morgan fingerprint density at radius 3 is 2.53 bits per heavy atom. The number of nitrogens with one attached hydrogen (secondary N) is 1. The van der Waals surface area contributed by atoms with Gasteiger partial charge >= 0.3 is 0 Å². The van der Waals surface area contributed by atoms with Gasteiger partial charge in [-0.1, -0.05) is 36.4 Å². The summed E-state index contributed by atoms with van der Waals surface area (Å²) in [5.41, 5.74) is 4.96. The van der Waals surface area contributed by atoms with Crippen LogP contribution in [-0.2, 0) is 0 Å². The van der Waals surface area contributed by atoms with E-state index in [1.54, 1.807) is 23.0 Å². The van der Waals surface area contributed by atoms with Crippen LogP contribution < -0.4 is 5.32 Å². The van der Waals surface area contributed by atoms with Gasteiger partial charge in [-0.2, -0.15) is 9.61 Å². The molecule has 0 radical (unpaired) electrons. The molecule has 1 N–H and O–H groups in total. The number of aromatic nitrogens is 6. The summed E-state index contributed by atoms with van der Waals surface area (Å²) in [5, 5.41) is 17.1. The third-order valence-electron chi connectivity index (χ3n) is 5.45. The average molecular weight is 443 g/mol. The van der Waals surface area contributed by atoms with Gasteiger partial charge in [0, 0.05) is 34.6 Å². The Morgan fingerprint density at radius 2 is 1.68 bits per heavy atom. The molecule has 1 amide bonds. The first-order valence-corrected chi connectivity index (χ1v) is 10.6. The van der Waals surface area contributed by atoms with Crippen LogP contribution in [0.2, 0.25) is 0 Å². The molecule has 2 aromatic carbocycles. The van der Waals surface area contributed by atoms with E-state index in [1.807, 2.05) is 78.9 Å². The van der Waals surface area contributed by atoms with Gasteiger partial charge < -0.3 is 5.32 Å². The van der Waals surface area contributed by atoms with Crippen LogP contribution >= 0.6 is 0 Å². The first-order chi connectivity index (χ1) is 16.7. The summed E-state index contributed by atoms with van der Waals surface area (Å²) in [6.45, 7) is 0. The van der Waals surface area contributed by atoms with Crippen LogP contribution in [0.3, 0.4) is 0 Å². The van der Waals surface area contributed by atoms with Gasteiger partial charge in [-0.25, -0.2) is 4.98 Å². The van der Waals surface area contributed by atoms with Gasteiger partial charge in [-0.15, -0.1) is 10.2 Å². The maximum absolute atomic E-state index is 12.7. The molecule has 8 heteroatoms. The zero-order chi connectivity index (χ0) is 22.9. The highest BCUT2D eigenvalue weighted by atomic mass is 16.1. The van der Waals surface area contributed by atoms with Crippen LogP contribution in [0.25, 0.3) is 39.2 Å². The van der Waals surface area contributed by atoms with Crippen LogP contribution in [0.1, 0.15) is 10.5 Å². The summed E-state index contributed by atoms with van der Waals surface area (Å²) in [6, 6.07) is 26.4. The van der Waals surface area contributed by atoms with Crippen molar-refractivity contribution in [1.82, 2.24) is 29.8 Å². The molecule has 0 fully saturated rings. The molecule has 0 aliphatic rings. The van der Waals surface area contributed by atoms with Gasteiger partial charge in [0.25, 0.3) is 5.91 Å². The second kappa shape index (κ2) is 8.18. The molecule has 0 saturated heterocycles. The van der Waals surface area contributed by atoms with Crippen molar-refractivity contribution >= 4 is 28.1 Å². The van der Waals surface area contributed by atoms with Crippen molar-refractivity contribution in [1.29, 1.82) is 0 Å². The van der Waals surface area contributed by atoms with Crippen LogP contribution in [0.15, 0.2) is 97.3 Å². The number of rotatable bonds is 4. The van der Waals surface area contributed by atoms with Gasteiger partial charge in [-0.3, -0.25) is 9.78 Å². The molecule has 0 bridgehead atoms. The topological polar surface area (TPSA) is 98.0 Å². The number of benzene rings is 2. The number of hydrogen-bond acceptors (Lipinski definition) is 6. The Hall–Kier alpha value is -4.98. The first kappa shape index (κ1) is 19.7. The van der Waals surface area contributed by atoms with Crippen molar-refractivity contribution < 1.29 is 4.79 Å². The number of para-hydroxylation sites is 1. The number of amides is 1. The van der Waals surface area contributed by atoms with Crippen LogP contribution in [0.4, 0.5) is 5.69 Å². The Bertz CT molecular complexity index is 1640. The van der Waals surface area contributed by atoms with E-state index in [4.69, 9.17) is 5.10 Å². The predicted octanol–water partition coefficient (Wildman–Crippen LogP) is 4.65. The molecule has 6 rings (SSSR count). The van der Waals surface area contributed by atoms with Crippen molar-refractivity contribution in [2.45, 2.75) is 0 Å². The molecule has 34 heavy (non-hydrogen) atoms. The number of hydrogen-bond donors (Lipinski definition) is 1. The van der Waals surface area contributed by atoms with Gasteiger partial charge in [0.1, 0.15) is 5.69 Å². The minimum absolute atomic E-state index is 0.261. The SMILES string of the molecule is O=C(Nc1ccc(-c2ccc3nnc(-c4cccnc4)n3n2)cc1)c1ccc2ccccc2n1. The van der Waals surface area contributed by atoms with E-state index < -0.39 is 0 Å². The Labute approximate surface area is 194 Å². The minimum Gasteiger partial charge on any atom is -0.321 e. The molecule has 8 nitrogen and oxygen atoms in total. The summed E-state index contributed by atoms with van der Waals surface area (Å²) < 4.78 is 1.70. The first-order valence-electron chi connectivity index (χ1n) is 10.6. The van der Waals surface area contributed by atoms with E-state index in [2.05, 4.69) is 25.5 Å². The largest absolute Gasteiger partial charge is 0.321 e. The molecule has 6 aromatic rings. The lowest BCUT2D eigenvalue weighted by Crippen LogP contribution is -2.13. The molecule has 4 aromatic heterocycles. The highest BCUT2D eigenvalue weighted by Gasteiger charge is 2.12. The summed E-state index contributed by atoms with van der Waals surface area (Å²) in [4.78, 5) is 21.3. The fourth-order valence-electron chi connectivity index (χ4n) is 3.73. The summed E-state index contributed by atoms with van der Waals surface area (Å²) in [6.07, 6.45) is 3.44. The molecular weight excluding hydrogens is 426 g/mol. The second-order valence-corrected chi connectivity index (χ2v) is 7.67. The Morgan fingerprint density at radius 1 is 0.794 bits per heavy atom. The standard InChI is InChI=1S/C26H17N7O/c34-26(23-12-9-17-4-1-2-6-21(17)29-23)28-20-10-7-18(8-11-20)22-13-14-24-30-31-25(33(24)32-22)19-5-3-15-27-16-19/h1-16H,(H,28,34). The number of fused-ring (bicyclic) bond motifs is 2. The molecule has 162 valence electrons. The zero-order valence-corrected chi connectivity index (χ0v) is 17.8. The summed E-state index contributed by atoms with van der Waals surface area (Å²) in [5.74, 6) is 0.361. The molecule has 0 aliphatic carbocycles. The van der Waals surface area contributed by atoms with Crippen molar-refractivity contribution in [3.8, 4) is 22.6 Å². The van der Waals surface area contributed by atoms with E-state index in [0.717, 1.165) is 27.7 Å². The lowest BCUT2D eigenvalue weighted by Gasteiger charge is -2.07. The fraction of sp³-hybridized carbons (Fsp3) is 0. The third-order valence-corrected chi connectivity index (χ3v) is 5.45.